The van der Waals surface area contributed by atoms with E-state index in [1.165, 1.54) is 70.6 Å². The summed E-state index contributed by atoms with van der Waals surface area (Å²) < 4.78 is 12.0. The highest BCUT2D eigenvalue weighted by molar-refractivity contribution is 5.84. The van der Waals surface area contributed by atoms with E-state index < -0.39 is 29.0 Å². The van der Waals surface area contributed by atoms with Gasteiger partial charge in [0, 0.05) is 24.7 Å². The van der Waals surface area contributed by atoms with E-state index in [1.54, 1.807) is 12.4 Å². The molecule has 0 saturated carbocycles. The number of esters is 2. The Morgan fingerprint density at radius 3 is 1.70 bits per heavy atom. The van der Waals surface area contributed by atoms with E-state index in [0.717, 1.165) is 49.7 Å². The van der Waals surface area contributed by atoms with Gasteiger partial charge in [0.15, 0.2) is 0 Å². The van der Waals surface area contributed by atoms with Gasteiger partial charge in [-0.2, -0.15) is 5.06 Å². The maximum atomic E-state index is 14.5. The first-order valence-electron chi connectivity index (χ1n) is 24.7. The number of benzene rings is 1. The summed E-state index contributed by atoms with van der Waals surface area (Å²) in [4.78, 5) is 53.5. The van der Waals surface area contributed by atoms with Gasteiger partial charge in [-0.3, -0.25) is 24.2 Å². The van der Waals surface area contributed by atoms with Crippen molar-refractivity contribution < 1.29 is 28.7 Å². The van der Waals surface area contributed by atoms with E-state index in [9.17, 15) is 14.4 Å². The summed E-state index contributed by atoms with van der Waals surface area (Å²) in [7, 11) is 0. The molecule has 344 valence electrons. The number of hydroxylamine groups is 2. The number of hydrogen-bond acceptors (Lipinski definition) is 8. The highest BCUT2D eigenvalue weighted by Crippen LogP contribution is 2.47. The lowest BCUT2D eigenvalue weighted by Crippen LogP contribution is -2.66. The van der Waals surface area contributed by atoms with E-state index in [2.05, 4.69) is 70.6 Å². The van der Waals surface area contributed by atoms with Crippen LogP contribution in [0.25, 0.3) is 0 Å². The zero-order valence-corrected chi connectivity index (χ0v) is 39.9. The topological polar surface area (TPSA) is 95.0 Å². The normalized spacial score (nSPS) is 21.4. The van der Waals surface area contributed by atoms with E-state index in [4.69, 9.17) is 14.3 Å². The SMILES string of the molecule is CCCCCCCCCCCCCCCCOC(=O)C(CC(CC(C)c1ccccc1)C(=O)OCCCC)CC(ON1C(C)(CC)CC(=O)C(C)C1(C)CC)c1ccncc1. The maximum absolute atomic E-state index is 14.5. The first-order chi connectivity index (χ1) is 29.4. The summed E-state index contributed by atoms with van der Waals surface area (Å²) in [6.45, 7) is 17.7. The lowest BCUT2D eigenvalue weighted by atomic mass is 9.70. The Labute approximate surface area is 372 Å². The molecule has 0 radical (unpaired) electrons. The average molecular weight is 847 g/mol. The molecule has 7 atom stereocenters. The molecular weight excluding hydrogens is 761 g/mol. The van der Waals surface area contributed by atoms with Crippen LogP contribution in [0.15, 0.2) is 54.9 Å². The molecule has 7 unspecified atom stereocenters. The van der Waals surface area contributed by atoms with Crippen LogP contribution >= 0.6 is 0 Å². The summed E-state index contributed by atoms with van der Waals surface area (Å²) >= 11 is 0. The third-order valence-electron chi connectivity index (χ3n) is 13.9. The predicted molar refractivity (Wildman–Crippen MR) is 249 cm³/mol. The van der Waals surface area contributed by atoms with Crippen LogP contribution in [0.5, 0.6) is 0 Å². The van der Waals surface area contributed by atoms with Crippen LogP contribution in [0.2, 0.25) is 0 Å². The Morgan fingerprint density at radius 2 is 1.18 bits per heavy atom. The molecule has 0 amide bonds. The maximum Gasteiger partial charge on any atom is 0.309 e. The van der Waals surface area contributed by atoms with Crippen molar-refractivity contribution >= 4 is 17.7 Å². The minimum Gasteiger partial charge on any atom is -0.465 e. The Kier molecular flexibility index (Phi) is 24.5. The van der Waals surface area contributed by atoms with Crippen LogP contribution in [-0.4, -0.2) is 52.1 Å². The zero-order chi connectivity index (χ0) is 44.5. The first kappa shape index (κ1) is 52.2. The van der Waals surface area contributed by atoms with Gasteiger partial charge in [-0.15, -0.1) is 0 Å². The van der Waals surface area contributed by atoms with Crippen molar-refractivity contribution in [3.05, 3.63) is 66.0 Å². The third kappa shape index (κ3) is 17.2. The van der Waals surface area contributed by atoms with Gasteiger partial charge in [0.1, 0.15) is 11.9 Å². The standard InChI is InChI=1S/C53H86N2O6/c1-9-13-15-16-17-18-19-20-21-22-23-24-25-29-37-60-51(58)47(39-46(50(57)59-36-14-10-2)38-42(5)44-30-27-26-28-31-44)40-49(45-32-34-54-35-33-45)61-55-52(7,11-3)41-48(56)43(6)53(55,8)12-4/h26-28,30-35,42-43,46-47,49H,9-25,29,36-41H2,1-8H3. The molecule has 61 heavy (non-hydrogen) atoms. The van der Waals surface area contributed by atoms with Crippen LogP contribution in [0.4, 0.5) is 0 Å². The molecule has 1 fully saturated rings. The Balaban J connectivity index is 1.81. The summed E-state index contributed by atoms with van der Waals surface area (Å²) in [5.41, 5.74) is 0.933. The van der Waals surface area contributed by atoms with Gasteiger partial charge in [-0.1, -0.05) is 162 Å². The Hall–Kier alpha value is -3.10. The minimum atomic E-state index is -0.638. The number of carbonyl (C=O) groups excluding carboxylic acids is 3. The second kappa shape index (κ2) is 28.6. The molecule has 1 saturated heterocycles. The molecule has 2 aromatic rings. The van der Waals surface area contributed by atoms with Crippen LogP contribution in [0.3, 0.4) is 0 Å². The molecule has 1 aromatic carbocycles. The molecule has 2 heterocycles. The molecule has 8 nitrogen and oxygen atoms in total. The highest BCUT2D eigenvalue weighted by atomic mass is 16.7. The average Bonchev–Trinajstić information content (AvgIpc) is 3.27. The Morgan fingerprint density at radius 1 is 0.672 bits per heavy atom. The number of Topliss-reactive ketones (excluding diaryl/α,β-unsaturated/α-hetero) is 1. The molecule has 1 aliphatic heterocycles. The van der Waals surface area contributed by atoms with Crippen LogP contribution in [0, 0.1) is 17.8 Å². The van der Waals surface area contributed by atoms with Crippen molar-refractivity contribution in [2.75, 3.05) is 13.2 Å². The molecule has 0 N–H and O–H groups in total. The van der Waals surface area contributed by atoms with Crippen LogP contribution < -0.4 is 0 Å². The molecule has 0 aliphatic carbocycles. The Bertz CT molecular complexity index is 1500. The molecule has 0 bridgehead atoms. The van der Waals surface area contributed by atoms with E-state index in [-0.39, 0.29) is 36.0 Å². The summed E-state index contributed by atoms with van der Waals surface area (Å²) in [5, 5.41) is 2.10. The largest absolute Gasteiger partial charge is 0.465 e. The van der Waals surface area contributed by atoms with E-state index in [0.29, 0.717) is 38.9 Å². The molecule has 0 spiro atoms. The number of piperidine rings is 1. The molecular formula is C53H86N2O6. The van der Waals surface area contributed by atoms with Crippen molar-refractivity contribution in [3.63, 3.8) is 0 Å². The van der Waals surface area contributed by atoms with Crippen molar-refractivity contribution in [3.8, 4) is 0 Å². The van der Waals surface area contributed by atoms with Gasteiger partial charge in [-0.25, -0.2) is 0 Å². The minimum absolute atomic E-state index is 0.0762. The molecule has 3 rings (SSSR count). The van der Waals surface area contributed by atoms with Gasteiger partial charge in [-0.05, 0) is 88.0 Å². The zero-order valence-electron chi connectivity index (χ0n) is 39.9. The van der Waals surface area contributed by atoms with Gasteiger partial charge in [0.25, 0.3) is 0 Å². The van der Waals surface area contributed by atoms with Gasteiger partial charge in [0.05, 0.1) is 36.1 Å². The number of ketones is 1. The second-order valence-electron chi connectivity index (χ2n) is 18.8. The number of ether oxygens (including phenoxy) is 2. The fourth-order valence-electron chi connectivity index (χ4n) is 9.20. The number of carbonyl (C=O) groups is 3. The number of nitrogens with zero attached hydrogens (tertiary/aromatic N) is 2. The first-order valence-corrected chi connectivity index (χ1v) is 24.7. The summed E-state index contributed by atoms with van der Waals surface area (Å²) in [5.74, 6) is -1.62. The number of pyridine rings is 1. The number of rotatable bonds is 32. The van der Waals surface area contributed by atoms with Crippen molar-refractivity contribution in [2.45, 2.75) is 220 Å². The van der Waals surface area contributed by atoms with Gasteiger partial charge >= 0.3 is 11.9 Å². The number of unbranched alkanes of at least 4 members (excludes halogenated alkanes) is 14. The van der Waals surface area contributed by atoms with Crippen LogP contribution in [-0.2, 0) is 28.7 Å². The number of aromatic nitrogens is 1. The van der Waals surface area contributed by atoms with Gasteiger partial charge < -0.3 is 9.47 Å². The van der Waals surface area contributed by atoms with E-state index in [1.807, 2.05) is 37.3 Å². The molecule has 1 aromatic heterocycles. The lowest BCUT2D eigenvalue weighted by Gasteiger charge is -2.56. The van der Waals surface area contributed by atoms with E-state index >= 15 is 0 Å². The summed E-state index contributed by atoms with van der Waals surface area (Å²) in [6, 6.07) is 14.1. The number of hydrogen-bond donors (Lipinski definition) is 0. The fourth-order valence-corrected chi connectivity index (χ4v) is 9.20. The van der Waals surface area contributed by atoms with Crippen LogP contribution in [0.1, 0.15) is 220 Å². The monoisotopic (exact) mass is 847 g/mol. The predicted octanol–water partition coefficient (Wildman–Crippen LogP) is 13.9. The second-order valence-corrected chi connectivity index (χ2v) is 18.8. The highest BCUT2D eigenvalue weighted by Gasteiger charge is 2.54. The van der Waals surface area contributed by atoms with Crippen molar-refractivity contribution in [2.24, 2.45) is 17.8 Å². The van der Waals surface area contributed by atoms with Crippen molar-refractivity contribution in [1.82, 2.24) is 10.0 Å². The fraction of sp³-hybridized carbons (Fsp3) is 0.736. The smallest absolute Gasteiger partial charge is 0.309 e. The molecule has 8 heteroatoms. The third-order valence-corrected chi connectivity index (χ3v) is 13.9. The lowest BCUT2D eigenvalue weighted by molar-refractivity contribution is -0.320. The quantitative estimate of drug-likeness (QED) is 0.0531. The van der Waals surface area contributed by atoms with Crippen molar-refractivity contribution in [1.29, 1.82) is 0 Å². The molecule has 1 aliphatic rings. The summed E-state index contributed by atoms with van der Waals surface area (Å²) in [6.07, 6.45) is 25.3. The van der Waals surface area contributed by atoms with Gasteiger partial charge in [0.2, 0.25) is 0 Å².